The van der Waals surface area contributed by atoms with Crippen molar-refractivity contribution in [1.29, 1.82) is 0 Å². The van der Waals surface area contributed by atoms with Crippen LogP contribution >= 0.6 is 35.3 Å². The molecule has 2 rings (SSSR count). The third-order valence-electron chi connectivity index (χ3n) is 3.15. The smallest absolute Gasteiger partial charge is 0.191 e. The SMILES string of the molecule is CN=C(NCc1ccsc1)NCC(C)Oc1cccc(C)c1.I. The van der Waals surface area contributed by atoms with Crippen molar-refractivity contribution in [2.45, 2.75) is 26.5 Å². The van der Waals surface area contributed by atoms with Crippen molar-refractivity contribution >= 4 is 41.3 Å². The first kappa shape index (κ1) is 19.8. The second kappa shape index (κ2) is 10.5. The van der Waals surface area contributed by atoms with E-state index in [4.69, 9.17) is 4.74 Å². The van der Waals surface area contributed by atoms with Crippen molar-refractivity contribution in [3.63, 3.8) is 0 Å². The van der Waals surface area contributed by atoms with Gasteiger partial charge in [-0.05, 0) is 53.9 Å². The molecule has 126 valence electrons. The van der Waals surface area contributed by atoms with Crippen LogP contribution in [0.2, 0.25) is 0 Å². The van der Waals surface area contributed by atoms with Crippen molar-refractivity contribution < 1.29 is 4.74 Å². The summed E-state index contributed by atoms with van der Waals surface area (Å²) in [6.45, 7) is 5.57. The van der Waals surface area contributed by atoms with Crippen LogP contribution in [0.4, 0.5) is 0 Å². The lowest BCUT2D eigenvalue weighted by atomic mass is 10.2. The predicted octanol–water partition coefficient (Wildman–Crippen LogP) is 3.81. The summed E-state index contributed by atoms with van der Waals surface area (Å²) in [6, 6.07) is 10.2. The highest BCUT2D eigenvalue weighted by Crippen LogP contribution is 2.13. The van der Waals surface area contributed by atoms with Crippen molar-refractivity contribution in [3.8, 4) is 5.75 Å². The molecule has 0 saturated carbocycles. The zero-order valence-corrected chi connectivity index (χ0v) is 16.9. The fourth-order valence-corrected chi connectivity index (χ4v) is 2.67. The van der Waals surface area contributed by atoms with E-state index in [2.05, 4.69) is 45.4 Å². The molecular formula is C17H24IN3OS. The Balaban J connectivity index is 0.00000264. The van der Waals surface area contributed by atoms with Gasteiger partial charge in [0.05, 0.1) is 6.54 Å². The number of halogens is 1. The molecule has 0 spiro atoms. The fraction of sp³-hybridized carbons (Fsp3) is 0.353. The molecule has 2 aromatic rings. The summed E-state index contributed by atoms with van der Waals surface area (Å²) in [5, 5.41) is 10.8. The molecule has 1 heterocycles. The van der Waals surface area contributed by atoms with Crippen LogP contribution in [-0.4, -0.2) is 25.7 Å². The zero-order valence-electron chi connectivity index (χ0n) is 13.7. The number of aliphatic imine (C=N–C) groups is 1. The molecule has 6 heteroatoms. The van der Waals surface area contributed by atoms with Gasteiger partial charge in [-0.25, -0.2) is 0 Å². The number of ether oxygens (including phenoxy) is 1. The minimum atomic E-state index is 0. The maximum atomic E-state index is 5.90. The third kappa shape index (κ3) is 7.22. The van der Waals surface area contributed by atoms with E-state index < -0.39 is 0 Å². The van der Waals surface area contributed by atoms with Gasteiger partial charge in [0.15, 0.2) is 5.96 Å². The summed E-state index contributed by atoms with van der Waals surface area (Å²) in [4.78, 5) is 4.22. The van der Waals surface area contributed by atoms with Crippen molar-refractivity contribution in [2.24, 2.45) is 4.99 Å². The first-order valence-electron chi connectivity index (χ1n) is 7.36. The Labute approximate surface area is 159 Å². The van der Waals surface area contributed by atoms with Crippen LogP contribution in [-0.2, 0) is 6.54 Å². The van der Waals surface area contributed by atoms with Gasteiger partial charge in [-0.15, -0.1) is 24.0 Å². The average molecular weight is 445 g/mol. The number of thiophene rings is 1. The first-order chi connectivity index (χ1) is 10.7. The van der Waals surface area contributed by atoms with Crippen LogP contribution in [0.3, 0.4) is 0 Å². The molecule has 0 aliphatic heterocycles. The van der Waals surface area contributed by atoms with E-state index in [9.17, 15) is 0 Å². The topological polar surface area (TPSA) is 45.7 Å². The number of nitrogens with one attached hydrogen (secondary N) is 2. The van der Waals surface area contributed by atoms with E-state index in [1.165, 1.54) is 11.1 Å². The molecule has 1 unspecified atom stereocenters. The third-order valence-corrected chi connectivity index (χ3v) is 3.88. The number of hydrogen-bond donors (Lipinski definition) is 2. The van der Waals surface area contributed by atoms with Crippen LogP contribution in [0.1, 0.15) is 18.1 Å². The van der Waals surface area contributed by atoms with E-state index in [0.29, 0.717) is 6.54 Å². The molecular weight excluding hydrogens is 421 g/mol. The minimum absolute atomic E-state index is 0. The Kier molecular flexibility index (Phi) is 9.01. The summed E-state index contributed by atoms with van der Waals surface area (Å²) in [6.07, 6.45) is 0.0569. The standard InChI is InChI=1S/C17H23N3OS.HI/c1-13-5-4-6-16(9-13)21-14(2)10-19-17(18-3)20-11-15-7-8-22-12-15;/h4-9,12,14H,10-11H2,1-3H3,(H2,18,19,20);1H. The van der Waals surface area contributed by atoms with Gasteiger partial charge in [-0.3, -0.25) is 4.99 Å². The summed E-state index contributed by atoms with van der Waals surface area (Å²) in [5.74, 6) is 1.68. The number of guanidine groups is 1. The summed E-state index contributed by atoms with van der Waals surface area (Å²) >= 11 is 1.70. The number of rotatable bonds is 6. The van der Waals surface area contributed by atoms with Gasteiger partial charge in [-0.2, -0.15) is 11.3 Å². The van der Waals surface area contributed by atoms with Crippen LogP contribution in [0.25, 0.3) is 0 Å². The number of hydrogen-bond acceptors (Lipinski definition) is 3. The molecule has 0 amide bonds. The molecule has 0 aliphatic rings. The second-order valence-electron chi connectivity index (χ2n) is 5.18. The highest BCUT2D eigenvalue weighted by molar-refractivity contribution is 14.0. The van der Waals surface area contributed by atoms with E-state index >= 15 is 0 Å². The quantitative estimate of drug-likeness (QED) is 0.404. The van der Waals surface area contributed by atoms with Crippen LogP contribution < -0.4 is 15.4 Å². The van der Waals surface area contributed by atoms with Gasteiger partial charge in [0.1, 0.15) is 11.9 Å². The maximum absolute atomic E-state index is 5.90. The van der Waals surface area contributed by atoms with Crippen LogP contribution in [0, 0.1) is 6.92 Å². The lowest BCUT2D eigenvalue weighted by molar-refractivity contribution is 0.223. The number of nitrogens with zero attached hydrogens (tertiary/aromatic N) is 1. The number of aryl methyl sites for hydroxylation is 1. The predicted molar refractivity (Wildman–Crippen MR) is 109 cm³/mol. The molecule has 0 saturated heterocycles. The molecule has 0 aliphatic carbocycles. The van der Waals surface area contributed by atoms with E-state index in [0.717, 1.165) is 18.3 Å². The van der Waals surface area contributed by atoms with E-state index in [1.807, 2.05) is 25.1 Å². The lowest BCUT2D eigenvalue weighted by Crippen LogP contribution is -2.41. The largest absolute Gasteiger partial charge is 0.489 e. The van der Waals surface area contributed by atoms with Crippen molar-refractivity contribution in [3.05, 3.63) is 52.2 Å². The average Bonchev–Trinajstić information content (AvgIpc) is 3.01. The number of benzene rings is 1. The molecule has 0 bridgehead atoms. The van der Waals surface area contributed by atoms with Crippen molar-refractivity contribution in [2.75, 3.05) is 13.6 Å². The Morgan fingerprint density at radius 3 is 2.78 bits per heavy atom. The van der Waals surface area contributed by atoms with Gasteiger partial charge >= 0.3 is 0 Å². The lowest BCUT2D eigenvalue weighted by Gasteiger charge is -2.18. The highest BCUT2D eigenvalue weighted by Gasteiger charge is 2.06. The van der Waals surface area contributed by atoms with Crippen LogP contribution in [0.15, 0.2) is 46.1 Å². The monoisotopic (exact) mass is 445 g/mol. The molecule has 4 nitrogen and oxygen atoms in total. The summed E-state index contributed by atoms with van der Waals surface area (Å²) in [5.41, 5.74) is 2.46. The van der Waals surface area contributed by atoms with Gasteiger partial charge in [0.2, 0.25) is 0 Å². The van der Waals surface area contributed by atoms with Gasteiger partial charge in [0.25, 0.3) is 0 Å². The Bertz CT molecular complexity index is 602. The fourth-order valence-electron chi connectivity index (χ4n) is 2.00. The molecule has 23 heavy (non-hydrogen) atoms. The minimum Gasteiger partial charge on any atom is -0.489 e. The van der Waals surface area contributed by atoms with Gasteiger partial charge < -0.3 is 15.4 Å². The van der Waals surface area contributed by atoms with E-state index in [-0.39, 0.29) is 30.1 Å². The first-order valence-corrected chi connectivity index (χ1v) is 8.30. The normalized spacial score (nSPS) is 12.2. The molecule has 0 fully saturated rings. The Morgan fingerprint density at radius 2 is 2.13 bits per heavy atom. The van der Waals surface area contributed by atoms with Gasteiger partial charge in [0, 0.05) is 13.6 Å². The second-order valence-corrected chi connectivity index (χ2v) is 5.96. The molecule has 1 atom stereocenters. The van der Waals surface area contributed by atoms with Gasteiger partial charge in [-0.1, -0.05) is 12.1 Å². The molecule has 1 aromatic carbocycles. The molecule has 1 aromatic heterocycles. The Hall–Kier alpha value is -1.28. The summed E-state index contributed by atoms with van der Waals surface area (Å²) in [7, 11) is 1.77. The Morgan fingerprint density at radius 1 is 1.30 bits per heavy atom. The molecule has 2 N–H and O–H groups in total. The summed E-state index contributed by atoms with van der Waals surface area (Å²) < 4.78 is 5.90. The molecule has 0 radical (unpaired) electrons. The van der Waals surface area contributed by atoms with Crippen LogP contribution in [0.5, 0.6) is 5.75 Å². The maximum Gasteiger partial charge on any atom is 0.191 e. The van der Waals surface area contributed by atoms with E-state index in [1.54, 1.807) is 18.4 Å². The highest BCUT2D eigenvalue weighted by atomic mass is 127. The van der Waals surface area contributed by atoms with Crippen molar-refractivity contribution in [1.82, 2.24) is 10.6 Å². The zero-order chi connectivity index (χ0) is 15.8.